The third-order valence-electron chi connectivity index (χ3n) is 4.35. The summed E-state index contributed by atoms with van der Waals surface area (Å²) in [5.74, 6) is 1.19. The first-order chi connectivity index (χ1) is 11.8. The number of hydrogen-bond acceptors (Lipinski definition) is 2. The molecule has 0 saturated carbocycles. The number of phenols is 1. The van der Waals surface area contributed by atoms with Crippen LogP contribution in [0.5, 0.6) is 11.5 Å². The van der Waals surface area contributed by atoms with Crippen molar-refractivity contribution >= 4 is 11.1 Å². The van der Waals surface area contributed by atoms with Crippen molar-refractivity contribution in [2.75, 3.05) is 6.61 Å². The van der Waals surface area contributed by atoms with E-state index in [2.05, 4.69) is 30.3 Å². The molecule has 0 amide bonds. The second kappa shape index (κ2) is 6.25. The zero-order valence-corrected chi connectivity index (χ0v) is 13.3. The maximum Gasteiger partial charge on any atom is 0.127 e. The third kappa shape index (κ3) is 2.67. The molecule has 0 saturated heterocycles. The minimum atomic E-state index is 0.277. The van der Waals surface area contributed by atoms with Crippen LogP contribution in [0.15, 0.2) is 78.9 Å². The van der Waals surface area contributed by atoms with E-state index >= 15 is 0 Å². The highest BCUT2D eigenvalue weighted by Gasteiger charge is 2.20. The molecule has 1 aliphatic heterocycles. The summed E-state index contributed by atoms with van der Waals surface area (Å²) in [6.07, 6.45) is 0.842. The maximum absolute atomic E-state index is 9.65. The zero-order valence-electron chi connectivity index (χ0n) is 13.3. The number of ether oxygens (including phenoxy) is 1. The van der Waals surface area contributed by atoms with E-state index in [1.807, 2.05) is 36.4 Å². The van der Waals surface area contributed by atoms with Crippen molar-refractivity contribution in [2.45, 2.75) is 6.42 Å². The molecule has 0 aromatic heterocycles. The van der Waals surface area contributed by atoms with Crippen LogP contribution < -0.4 is 4.74 Å². The van der Waals surface area contributed by atoms with Gasteiger partial charge in [0.05, 0.1) is 6.61 Å². The molecule has 0 atom stereocenters. The lowest BCUT2D eigenvalue weighted by Gasteiger charge is -2.15. The van der Waals surface area contributed by atoms with Crippen molar-refractivity contribution in [1.29, 1.82) is 0 Å². The van der Waals surface area contributed by atoms with Gasteiger partial charge in [-0.15, -0.1) is 0 Å². The highest BCUT2D eigenvalue weighted by atomic mass is 16.5. The Labute approximate surface area is 141 Å². The number of aromatic hydroxyl groups is 1. The van der Waals surface area contributed by atoms with Gasteiger partial charge < -0.3 is 9.84 Å². The monoisotopic (exact) mass is 314 g/mol. The minimum Gasteiger partial charge on any atom is -0.508 e. The Morgan fingerprint density at radius 1 is 0.708 bits per heavy atom. The molecule has 0 spiro atoms. The van der Waals surface area contributed by atoms with E-state index in [4.69, 9.17) is 4.74 Å². The first kappa shape index (κ1) is 14.6. The lowest BCUT2D eigenvalue weighted by Crippen LogP contribution is -1.96. The van der Waals surface area contributed by atoms with Gasteiger partial charge in [0.1, 0.15) is 11.5 Å². The number of benzene rings is 3. The van der Waals surface area contributed by atoms with E-state index in [9.17, 15) is 5.11 Å². The lowest BCUT2D eigenvalue weighted by atomic mass is 9.88. The number of hydrogen-bond donors (Lipinski definition) is 1. The summed E-state index contributed by atoms with van der Waals surface area (Å²) in [5.41, 5.74) is 5.84. The summed E-state index contributed by atoms with van der Waals surface area (Å²) in [5, 5.41) is 9.65. The third-order valence-corrected chi connectivity index (χ3v) is 4.35. The quantitative estimate of drug-likeness (QED) is 0.710. The molecule has 3 aromatic rings. The van der Waals surface area contributed by atoms with Crippen LogP contribution in [0.4, 0.5) is 0 Å². The smallest absolute Gasteiger partial charge is 0.127 e. The van der Waals surface area contributed by atoms with Crippen LogP contribution in [-0.2, 0) is 0 Å². The fourth-order valence-corrected chi connectivity index (χ4v) is 3.24. The standard InChI is InChI=1S/C22H18O2/c23-18-12-10-17(11-13-18)22-19(16-6-2-1-3-7-16)14-15-24-21-9-5-4-8-20(21)22/h1-13,23H,14-15H2. The van der Waals surface area contributed by atoms with E-state index in [1.165, 1.54) is 16.7 Å². The van der Waals surface area contributed by atoms with Crippen LogP contribution in [-0.4, -0.2) is 11.7 Å². The Morgan fingerprint density at radius 3 is 2.21 bits per heavy atom. The molecule has 1 heterocycles. The number of rotatable bonds is 2. The van der Waals surface area contributed by atoms with Gasteiger partial charge in [-0.3, -0.25) is 0 Å². The Morgan fingerprint density at radius 2 is 1.42 bits per heavy atom. The first-order valence-electron chi connectivity index (χ1n) is 8.13. The Balaban J connectivity index is 2.00. The zero-order chi connectivity index (χ0) is 16.4. The fourth-order valence-electron chi connectivity index (χ4n) is 3.24. The Kier molecular flexibility index (Phi) is 3.80. The summed E-state index contributed by atoms with van der Waals surface area (Å²) in [4.78, 5) is 0. The Hall–Kier alpha value is -3.00. The van der Waals surface area contributed by atoms with Gasteiger partial charge in [0.2, 0.25) is 0 Å². The van der Waals surface area contributed by atoms with Crippen LogP contribution in [0.3, 0.4) is 0 Å². The normalized spacial score (nSPS) is 13.8. The van der Waals surface area contributed by atoms with Gasteiger partial charge in [-0.05, 0) is 40.5 Å². The highest BCUT2D eigenvalue weighted by molar-refractivity contribution is 6.00. The maximum atomic E-state index is 9.65. The Bertz CT molecular complexity index is 877. The van der Waals surface area contributed by atoms with E-state index in [0.29, 0.717) is 6.61 Å². The van der Waals surface area contributed by atoms with Crippen molar-refractivity contribution in [3.63, 3.8) is 0 Å². The van der Waals surface area contributed by atoms with Crippen LogP contribution in [0.1, 0.15) is 23.1 Å². The van der Waals surface area contributed by atoms with Crippen molar-refractivity contribution in [3.05, 3.63) is 95.6 Å². The molecule has 4 rings (SSSR count). The van der Waals surface area contributed by atoms with E-state index in [-0.39, 0.29) is 5.75 Å². The predicted molar refractivity (Wildman–Crippen MR) is 97.0 cm³/mol. The van der Waals surface area contributed by atoms with Crippen molar-refractivity contribution in [1.82, 2.24) is 0 Å². The van der Waals surface area contributed by atoms with Gasteiger partial charge in [-0.25, -0.2) is 0 Å². The van der Waals surface area contributed by atoms with E-state index in [0.717, 1.165) is 23.3 Å². The summed E-state index contributed by atoms with van der Waals surface area (Å²) in [6, 6.07) is 26.0. The van der Waals surface area contributed by atoms with Crippen LogP contribution in [0.2, 0.25) is 0 Å². The second-order valence-electron chi connectivity index (χ2n) is 5.86. The molecule has 3 aromatic carbocycles. The number of phenolic OH excluding ortho intramolecular Hbond substituents is 1. The molecule has 0 fully saturated rings. The van der Waals surface area contributed by atoms with E-state index in [1.54, 1.807) is 12.1 Å². The molecule has 0 unspecified atom stereocenters. The molecular formula is C22H18O2. The van der Waals surface area contributed by atoms with Crippen LogP contribution >= 0.6 is 0 Å². The molecule has 24 heavy (non-hydrogen) atoms. The summed E-state index contributed by atoms with van der Waals surface area (Å²) < 4.78 is 5.98. The summed E-state index contributed by atoms with van der Waals surface area (Å²) >= 11 is 0. The molecular weight excluding hydrogens is 296 g/mol. The summed E-state index contributed by atoms with van der Waals surface area (Å²) in [6.45, 7) is 0.656. The molecule has 2 nitrogen and oxygen atoms in total. The topological polar surface area (TPSA) is 29.5 Å². The van der Waals surface area contributed by atoms with Gasteiger partial charge in [-0.2, -0.15) is 0 Å². The van der Waals surface area contributed by atoms with Gasteiger partial charge >= 0.3 is 0 Å². The largest absolute Gasteiger partial charge is 0.508 e. The van der Waals surface area contributed by atoms with Crippen LogP contribution in [0.25, 0.3) is 11.1 Å². The lowest BCUT2D eigenvalue weighted by molar-refractivity contribution is 0.328. The second-order valence-corrected chi connectivity index (χ2v) is 5.86. The van der Waals surface area contributed by atoms with Crippen molar-refractivity contribution in [2.24, 2.45) is 0 Å². The van der Waals surface area contributed by atoms with Gasteiger partial charge in [-0.1, -0.05) is 60.7 Å². The van der Waals surface area contributed by atoms with E-state index < -0.39 is 0 Å². The molecule has 0 aliphatic carbocycles. The molecule has 1 aliphatic rings. The fraction of sp³-hybridized carbons (Fsp3) is 0.0909. The van der Waals surface area contributed by atoms with Gasteiger partial charge in [0, 0.05) is 12.0 Å². The predicted octanol–water partition coefficient (Wildman–Crippen LogP) is 5.13. The average molecular weight is 314 g/mol. The molecule has 118 valence electrons. The van der Waals surface area contributed by atoms with Crippen molar-refractivity contribution in [3.8, 4) is 11.5 Å². The van der Waals surface area contributed by atoms with Gasteiger partial charge in [0.15, 0.2) is 0 Å². The molecule has 1 N–H and O–H groups in total. The van der Waals surface area contributed by atoms with Crippen LogP contribution in [0, 0.1) is 0 Å². The van der Waals surface area contributed by atoms with Gasteiger partial charge in [0.25, 0.3) is 0 Å². The average Bonchev–Trinajstić information content (AvgIpc) is 2.83. The molecule has 2 heteroatoms. The van der Waals surface area contributed by atoms with Crippen molar-refractivity contribution < 1.29 is 9.84 Å². The molecule has 0 radical (unpaired) electrons. The SMILES string of the molecule is Oc1ccc(C2=C(c3ccccc3)CCOc3ccccc32)cc1. The minimum absolute atomic E-state index is 0.277. The number of para-hydroxylation sites is 1. The summed E-state index contributed by atoms with van der Waals surface area (Å²) in [7, 11) is 0. The molecule has 0 bridgehead atoms. The number of fused-ring (bicyclic) bond motifs is 1. The highest BCUT2D eigenvalue weighted by Crippen LogP contribution is 2.40. The first-order valence-corrected chi connectivity index (χ1v) is 8.13.